The van der Waals surface area contributed by atoms with Gasteiger partial charge in [0.15, 0.2) is 23.0 Å². The van der Waals surface area contributed by atoms with E-state index in [0.29, 0.717) is 5.56 Å². The number of thioether (sulfide) groups is 1. The quantitative estimate of drug-likeness (QED) is 0.320. The molecule has 1 aromatic carbocycles. The lowest BCUT2D eigenvalue weighted by molar-refractivity contribution is -0.142. The summed E-state index contributed by atoms with van der Waals surface area (Å²) in [5.41, 5.74) is -0.781. The summed E-state index contributed by atoms with van der Waals surface area (Å²) >= 11 is 1.59. The van der Waals surface area contributed by atoms with Crippen molar-refractivity contribution in [2.45, 2.75) is 42.9 Å². The van der Waals surface area contributed by atoms with Gasteiger partial charge in [0.25, 0.3) is 0 Å². The lowest BCUT2D eigenvalue weighted by Crippen LogP contribution is -2.11. The Bertz CT molecular complexity index is 1440. The molecule has 4 heterocycles. The molecule has 1 unspecified atom stereocenters. The standard InChI is InChI=1S/C23H18F6N6S/c1-12-10-34(32-20(12)22(24,25)26)17-7-4-8-18(31-17)35-11-15(21(33-35)23(27,28)29)9-14-5-3-6-16-19(14)30-13(2)36-16/h3-8,10-11,13,30H,9H2,1-2H3. The summed E-state index contributed by atoms with van der Waals surface area (Å²) in [5, 5.41) is 10.7. The van der Waals surface area contributed by atoms with Gasteiger partial charge in [-0.1, -0.05) is 30.0 Å². The van der Waals surface area contributed by atoms with Gasteiger partial charge in [0, 0.05) is 34.8 Å². The Balaban J connectivity index is 1.53. The summed E-state index contributed by atoms with van der Waals surface area (Å²) < 4.78 is 83.0. The first-order valence-electron chi connectivity index (χ1n) is 10.7. The third-order valence-electron chi connectivity index (χ3n) is 5.56. The van der Waals surface area contributed by atoms with Crippen LogP contribution in [0.25, 0.3) is 11.6 Å². The molecule has 0 aliphatic carbocycles. The number of nitrogens with zero attached hydrogens (tertiary/aromatic N) is 5. The number of aromatic nitrogens is 5. The molecule has 0 saturated heterocycles. The van der Waals surface area contributed by atoms with Gasteiger partial charge >= 0.3 is 12.4 Å². The van der Waals surface area contributed by atoms with Crippen molar-refractivity contribution in [3.63, 3.8) is 0 Å². The molecule has 13 heteroatoms. The molecule has 1 aliphatic rings. The van der Waals surface area contributed by atoms with Crippen LogP contribution >= 0.6 is 11.8 Å². The van der Waals surface area contributed by atoms with Crippen LogP contribution in [0.4, 0.5) is 32.0 Å². The molecule has 0 amide bonds. The van der Waals surface area contributed by atoms with E-state index in [2.05, 4.69) is 20.5 Å². The van der Waals surface area contributed by atoms with E-state index < -0.39 is 23.7 Å². The van der Waals surface area contributed by atoms with E-state index in [1.54, 1.807) is 23.9 Å². The van der Waals surface area contributed by atoms with Gasteiger partial charge in [-0.2, -0.15) is 36.5 Å². The van der Waals surface area contributed by atoms with Gasteiger partial charge in [-0.05, 0) is 37.6 Å². The van der Waals surface area contributed by atoms with Gasteiger partial charge in [0.05, 0.1) is 11.1 Å². The molecule has 5 rings (SSSR count). The SMILES string of the molecule is Cc1cn(-c2cccc(-n3cc(Cc4cccc5c4NC(C)S5)c(C(F)(F)F)n3)n2)nc1C(F)(F)F. The maximum Gasteiger partial charge on any atom is 0.435 e. The molecular formula is C23H18F6N6S. The molecule has 1 atom stereocenters. The van der Waals surface area contributed by atoms with Crippen LogP contribution in [0.2, 0.25) is 0 Å². The number of hydrogen-bond donors (Lipinski definition) is 1. The minimum Gasteiger partial charge on any atom is -0.372 e. The number of para-hydroxylation sites is 1. The average Bonchev–Trinajstić information content (AvgIpc) is 3.49. The van der Waals surface area contributed by atoms with Crippen LogP contribution in [0.1, 0.15) is 35.0 Å². The highest BCUT2D eigenvalue weighted by Crippen LogP contribution is 2.42. The summed E-state index contributed by atoms with van der Waals surface area (Å²) in [4.78, 5) is 5.17. The Labute approximate surface area is 205 Å². The molecule has 1 aliphatic heterocycles. The van der Waals surface area contributed by atoms with Crippen molar-refractivity contribution in [3.05, 3.63) is 76.9 Å². The Morgan fingerprint density at radius 2 is 1.47 bits per heavy atom. The number of nitrogens with one attached hydrogen (secondary N) is 1. The van der Waals surface area contributed by atoms with Crippen LogP contribution in [-0.4, -0.2) is 29.9 Å². The number of hydrogen-bond acceptors (Lipinski definition) is 5. The number of fused-ring (bicyclic) bond motifs is 1. The fourth-order valence-corrected chi connectivity index (χ4v) is 5.06. The number of halogens is 6. The Morgan fingerprint density at radius 3 is 2.11 bits per heavy atom. The lowest BCUT2D eigenvalue weighted by Gasteiger charge is -2.10. The van der Waals surface area contributed by atoms with E-state index in [9.17, 15) is 26.3 Å². The molecule has 0 bridgehead atoms. The molecule has 0 spiro atoms. The van der Waals surface area contributed by atoms with Crippen molar-refractivity contribution in [2.24, 2.45) is 0 Å². The molecule has 6 nitrogen and oxygen atoms in total. The number of benzene rings is 1. The molecular weight excluding hydrogens is 506 g/mol. The van der Waals surface area contributed by atoms with E-state index in [-0.39, 0.29) is 34.6 Å². The smallest absolute Gasteiger partial charge is 0.372 e. The van der Waals surface area contributed by atoms with Crippen LogP contribution in [0.15, 0.2) is 53.7 Å². The van der Waals surface area contributed by atoms with E-state index in [1.165, 1.54) is 31.3 Å². The van der Waals surface area contributed by atoms with Gasteiger partial charge in [0.2, 0.25) is 0 Å². The number of alkyl halides is 6. The van der Waals surface area contributed by atoms with Crippen molar-refractivity contribution in [3.8, 4) is 11.6 Å². The van der Waals surface area contributed by atoms with Crippen LogP contribution < -0.4 is 5.32 Å². The summed E-state index contributed by atoms with van der Waals surface area (Å²) in [5.74, 6) is 0.0133. The normalized spacial score (nSPS) is 15.7. The summed E-state index contributed by atoms with van der Waals surface area (Å²) in [6.07, 6.45) is -6.98. The second kappa shape index (κ2) is 8.57. The average molecular weight is 524 g/mol. The molecule has 36 heavy (non-hydrogen) atoms. The third-order valence-corrected chi connectivity index (χ3v) is 6.62. The predicted molar refractivity (Wildman–Crippen MR) is 121 cm³/mol. The molecule has 188 valence electrons. The minimum atomic E-state index is -4.72. The highest BCUT2D eigenvalue weighted by Gasteiger charge is 2.38. The number of anilines is 1. The van der Waals surface area contributed by atoms with Gasteiger partial charge < -0.3 is 5.32 Å². The van der Waals surface area contributed by atoms with E-state index in [4.69, 9.17) is 0 Å². The molecule has 1 N–H and O–H groups in total. The zero-order valence-electron chi connectivity index (χ0n) is 18.8. The van der Waals surface area contributed by atoms with Gasteiger partial charge in [-0.15, -0.1) is 0 Å². The zero-order valence-corrected chi connectivity index (χ0v) is 19.6. The van der Waals surface area contributed by atoms with Crippen molar-refractivity contribution in [1.82, 2.24) is 24.5 Å². The largest absolute Gasteiger partial charge is 0.435 e. The maximum absolute atomic E-state index is 13.9. The fraction of sp³-hybridized carbons (Fsp3) is 0.261. The van der Waals surface area contributed by atoms with Crippen LogP contribution in [0, 0.1) is 6.92 Å². The van der Waals surface area contributed by atoms with Crippen molar-refractivity contribution in [2.75, 3.05) is 5.32 Å². The highest BCUT2D eigenvalue weighted by molar-refractivity contribution is 8.00. The first kappa shape index (κ1) is 24.2. The Hall–Kier alpha value is -3.48. The molecule has 0 saturated carbocycles. The maximum atomic E-state index is 13.9. The summed E-state index contributed by atoms with van der Waals surface area (Å²) in [6.45, 7) is 3.23. The molecule has 3 aromatic heterocycles. The Kier molecular flexibility index (Phi) is 5.77. The van der Waals surface area contributed by atoms with Crippen molar-refractivity contribution < 1.29 is 26.3 Å². The van der Waals surface area contributed by atoms with Crippen molar-refractivity contribution in [1.29, 1.82) is 0 Å². The number of rotatable bonds is 4. The van der Waals surface area contributed by atoms with E-state index in [1.807, 2.05) is 13.0 Å². The lowest BCUT2D eigenvalue weighted by atomic mass is 10.0. The minimum absolute atomic E-state index is 0.00607. The van der Waals surface area contributed by atoms with Crippen LogP contribution in [0.5, 0.6) is 0 Å². The van der Waals surface area contributed by atoms with Gasteiger partial charge in [-0.3, -0.25) is 0 Å². The highest BCUT2D eigenvalue weighted by atomic mass is 32.2. The monoisotopic (exact) mass is 524 g/mol. The van der Waals surface area contributed by atoms with E-state index >= 15 is 0 Å². The van der Waals surface area contributed by atoms with Crippen molar-refractivity contribution >= 4 is 17.4 Å². The first-order valence-corrected chi connectivity index (χ1v) is 11.6. The zero-order chi connectivity index (χ0) is 25.8. The first-order chi connectivity index (χ1) is 16.9. The fourth-order valence-electron chi connectivity index (χ4n) is 4.03. The molecule has 0 radical (unpaired) electrons. The summed E-state index contributed by atoms with van der Waals surface area (Å²) in [6, 6.07) is 9.75. The second-order valence-electron chi connectivity index (χ2n) is 8.27. The molecule has 0 fully saturated rings. The molecule has 4 aromatic rings. The predicted octanol–water partition coefficient (Wildman–Crippen LogP) is 6.25. The second-order valence-corrected chi connectivity index (χ2v) is 9.66. The van der Waals surface area contributed by atoms with Gasteiger partial charge in [-0.25, -0.2) is 14.3 Å². The van der Waals surface area contributed by atoms with Crippen LogP contribution in [0.3, 0.4) is 0 Å². The number of pyridine rings is 1. The Morgan fingerprint density at radius 1 is 0.861 bits per heavy atom. The van der Waals surface area contributed by atoms with Gasteiger partial charge in [0.1, 0.15) is 0 Å². The van der Waals surface area contributed by atoms with Crippen LogP contribution in [-0.2, 0) is 18.8 Å². The summed E-state index contributed by atoms with van der Waals surface area (Å²) in [7, 11) is 0. The van der Waals surface area contributed by atoms with E-state index in [0.717, 1.165) is 26.1 Å². The number of aryl methyl sites for hydroxylation is 1. The third kappa shape index (κ3) is 4.54. The topological polar surface area (TPSA) is 60.6 Å².